The lowest BCUT2D eigenvalue weighted by Crippen LogP contribution is -2.12. The molecule has 0 aliphatic rings. The topological polar surface area (TPSA) is 47.2 Å². The molecule has 18 heavy (non-hydrogen) atoms. The van der Waals surface area contributed by atoms with E-state index in [1.54, 1.807) is 12.3 Å². The third-order valence-electron chi connectivity index (χ3n) is 2.85. The Labute approximate surface area is 106 Å². The first-order chi connectivity index (χ1) is 8.62. The molecule has 0 atom stereocenters. The van der Waals surface area contributed by atoms with Crippen molar-refractivity contribution in [3.8, 4) is 0 Å². The Morgan fingerprint density at radius 1 is 1.33 bits per heavy atom. The van der Waals surface area contributed by atoms with Gasteiger partial charge in [0.1, 0.15) is 0 Å². The average Bonchev–Trinajstić information content (AvgIpc) is 2.79. The Hall–Kier alpha value is -2.19. The van der Waals surface area contributed by atoms with E-state index in [2.05, 4.69) is 22.2 Å². The van der Waals surface area contributed by atoms with Crippen LogP contribution in [-0.2, 0) is 16.9 Å². The fourth-order valence-corrected chi connectivity index (χ4v) is 1.72. The van der Waals surface area contributed by atoms with Crippen molar-refractivity contribution in [3.63, 3.8) is 0 Å². The van der Waals surface area contributed by atoms with Gasteiger partial charge in [-0.05, 0) is 19.4 Å². The van der Waals surface area contributed by atoms with E-state index in [4.69, 9.17) is 0 Å². The van der Waals surface area contributed by atoms with Gasteiger partial charge in [-0.1, -0.05) is 30.3 Å². The van der Waals surface area contributed by atoms with Crippen LogP contribution in [0.3, 0.4) is 0 Å². The van der Waals surface area contributed by atoms with Crippen molar-refractivity contribution in [1.82, 2.24) is 9.78 Å². The zero-order valence-electron chi connectivity index (χ0n) is 10.5. The van der Waals surface area contributed by atoms with Crippen molar-refractivity contribution in [2.45, 2.75) is 25.9 Å². The van der Waals surface area contributed by atoms with Gasteiger partial charge >= 0.3 is 0 Å². The molecule has 0 saturated carbocycles. The van der Waals surface area contributed by atoms with E-state index in [9.17, 15) is 4.79 Å². The third kappa shape index (κ3) is 2.73. The minimum Gasteiger partial charge on any atom is -0.268 e. The zero-order valence-corrected chi connectivity index (χ0v) is 10.5. The van der Waals surface area contributed by atoms with E-state index in [0.29, 0.717) is 6.54 Å². The maximum atomic E-state index is 10.4. The smallest absolute Gasteiger partial charge is 0.235 e. The van der Waals surface area contributed by atoms with Crippen molar-refractivity contribution in [2.75, 3.05) is 0 Å². The molecule has 1 aromatic heterocycles. The van der Waals surface area contributed by atoms with Gasteiger partial charge in [-0.2, -0.15) is 10.1 Å². The Morgan fingerprint density at radius 3 is 2.72 bits per heavy atom. The van der Waals surface area contributed by atoms with Crippen molar-refractivity contribution in [1.29, 1.82) is 0 Å². The number of aromatic nitrogens is 2. The number of hydrogen-bond donors (Lipinski definition) is 0. The van der Waals surface area contributed by atoms with Crippen LogP contribution in [0.25, 0.3) is 0 Å². The molecule has 0 amide bonds. The molecule has 2 rings (SSSR count). The SMILES string of the molecule is CC(C)(N=C=O)c1cnn(Cc2ccccc2)c1. The number of carbonyl (C=O) groups excluding carboxylic acids is 1. The first-order valence-electron chi connectivity index (χ1n) is 5.78. The molecular weight excluding hydrogens is 226 g/mol. The largest absolute Gasteiger partial charge is 0.268 e. The highest BCUT2D eigenvalue weighted by Crippen LogP contribution is 2.23. The first kappa shape index (κ1) is 12.3. The Kier molecular flexibility index (Phi) is 3.40. The normalized spacial score (nSPS) is 11.0. The van der Waals surface area contributed by atoms with Gasteiger partial charge in [-0.3, -0.25) is 4.68 Å². The van der Waals surface area contributed by atoms with E-state index < -0.39 is 5.54 Å². The highest BCUT2D eigenvalue weighted by molar-refractivity contribution is 5.36. The molecular formula is C14H15N3O. The minimum absolute atomic E-state index is 0.573. The molecule has 1 aromatic carbocycles. The van der Waals surface area contributed by atoms with Gasteiger partial charge in [0, 0.05) is 11.8 Å². The predicted molar refractivity (Wildman–Crippen MR) is 68.9 cm³/mol. The molecule has 0 aliphatic heterocycles. The van der Waals surface area contributed by atoms with E-state index in [0.717, 1.165) is 5.56 Å². The van der Waals surface area contributed by atoms with Crippen LogP contribution in [0.15, 0.2) is 47.7 Å². The lowest BCUT2D eigenvalue weighted by atomic mass is 9.99. The van der Waals surface area contributed by atoms with Gasteiger partial charge in [0.05, 0.1) is 18.3 Å². The monoisotopic (exact) mass is 241 g/mol. The highest BCUT2D eigenvalue weighted by atomic mass is 16.1. The molecule has 4 nitrogen and oxygen atoms in total. The number of isocyanates is 1. The Morgan fingerprint density at radius 2 is 2.06 bits per heavy atom. The van der Waals surface area contributed by atoms with Gasteiger partial charge in [0.15, 0.2) is 0 Å². The summed E-state index contributed by atoms with van der Waals surface area (Å²) in [7, 11) is 0. The second kappa shape index (κ2) is 4.98. The van der Waals surface area contributed by atoms with Crippen LogP contribution >= 0.6 is 0 Å². The summed E-state index contributed by atoms with van der Waals surface area (Å²) in [6.45, 7) is 4.44. The summed E-state index contributed by atoms with van der Waals surface area (Å²) in [6.07, 6.45) is 5.25. The van der Waals surface area contributed by atoms with Crippen LogP contribution in [0.5, 0.6) is 0 Å². The van der Waals surface area contributed by atoms with Crippen molar-refractivity contribution in [3.05, 3.63) is 53.9 Å². The first-order valence-corrected chi connectivity index (χ1v) is 5.78. The van der Waals surface area contributed by atoms with Gasteiger partial charge in [0.2, 0.25) is 6.08 Å². The van der Waals surface area contributed by atoms with Gasteiger partial charge in [-0.15, -0.1) is 0 Å². The lowest BCUT2D eigenvalue weighted by Gasteiger charge is -2.14. The van der Waals surface area contributed by atoms with E-state index in [1.165, 1.54) is 5.56 Å². The third-order valence-corrected chi connectivity index (χ3v) is 2.85. The number of rotatable bonds is 4. The average molecular weight is 241 g/mol. The minimum atomic E-state index is -0.573. The molecule has 0 saturated heterocycles. The molecule has 0 unspecified atom stereocenters. The van der Waals surface area contributed by atoms with Gasteiger partial charge in [-0.25, -0.2) is 4.79 Å². The van der Waals surface area contributed by atoms with Crippen molar-refractivity contribution < 1.29 is 4.79 Å². The molecule has 0 radical (unpaired) electrons. The van der Waals surface area contributed by atoms with Crippen molar-refractivity contribution in [2.24, 2.45) is 4.99 Å². The summed E-state index contributed by atoms with van der Waals surface area (Å²) >= 11 is 0. The van der Waals surface area contributed by atoms with Crippen LogP contribution in [0.1, 0.15) is 25.0 Å². The molecule has 2 aromatic rings. The van der Waals surface area contributed by atoms with Crippen LogP contribution in [0.2, 0.25) is 0 Å². The second-order valence-electron chi connectivity index (χ2n) is 4.67. The second-order valence-corrected chi connectivity index (χ2v) is 4.67. The van der Waals surface area contributed by atoms with E-state index in [1.807, 2.05) is 42.9 Å². The molecule has 0 fully saturated rings. The van der Waals surface area contributed by atoms with Crippen LogP contribution in [0.4, 0.5) is 0 Å². The number of nitrogens with zero attached hydrogens (tertiary/aromatic N) is 3. The summed E-state index contributed by atoms with van der Waals surface area (Å²) in [5, 5.41) is 4.29. The zero-order chi connectivity index (χ0) is 13.0. The molecule has 92 valence electrons. The predicted octanol–water partition coefficient (Wildman–Crippen LogP) is 2.50. The summed E-state index contributed by atoms with van der Waals surface area (Å²) in [5.74, 6) is 0. The number of benzene rings is 1. The summed E-state index contributed by atoms with van der Waals surface area (Å²) in [6, 6.07) is 10.1. The van der Waals surface area contributed by atoms with Crippen molar-refractivity contribution >= 4 is 6.08 Å². The number of aliphatic imine (C=N–C) groups is 1. The molecule has 4 heteroatoms. The molecule has 0 aliphatic carbocycles. The number of hydrogen-bond acceptors (Lipinski definition) is 3. The van der Waals surface area contributed by atoms with Crippen LogP contribution in [-0.4, -0.2) is 15.9 Å². The van der Waals surface area contributed by atoms with Crippen LogP contribution < -0.4 is 0 Å². The summed E-state index contributed by atoms with van der Waals surface area (Å²) in [4.78, 5) is 14.2. The maximum Gasteiger partial charge on any atom is 0.235 e. The molecule has 0 N–H and O–H groups in total. The Balaban J connectivity index is 2.19. The summed E-state index contributed by atoms with van der Waals surface area (Å²) in [5.41, 5.74) is 1.52. The lowest BCUT2D eigenvalue weighted by molar-refractivity contribution is 0.522. The van der Waals surface area contributed by atoms with Gasteiger partial charge in [0.25, 0.3) is 0 Å². The quantitative estimate of drug-likeness (QED) is 0.610. The van der Waals surface area contributed by atoms with Gasteiger partial charge < -0.3 is 0 Å². The van der Waals surface area contributed by atoms with Crippen LogP contribution in [0, 0.1) is 0 Å². The standard InChI is InChI=1S/C14H15N3O/c1-14(2,15-11-18)13-8-16-17(10-13)9-12-6-4-3-5-7-12/h3-8,10H,9H2,1-2H3. The highest BCUT2D eigenvalue weighted by Gasteiger charge is 2.21. The molecule has 0 bridgehead atoms. The van der Waals surface area contributed by atoms with E-state index >= 15 is 0 Å². The maximum absolute atomic E-state index is 10.4. The fraction of sp³-hybridized carbons (Fsp3) is 0.286. The molecule has 0 spiro atoms. The van der Waals surface area contributed by atoms with E-state index in [-0.39, 0.29) is 0 Å². The summed E-state index contributed by atoms with van der Waals surface area (Å²) < 4.78 is 1.84. The Bertz CT molecular complexity index is 566. The fourth-order valence-electron chi connectivity index (χ4n) is 1.72. The molecule has 1 heterocycles.